The molecule has 0 radical (unpaired) electrons. The van der Waals surface area contributed by atoms with Gasteiger partial charge < -0.3 is 14.6 Å². The summed E-state index contributed by atoms with van der Waals surface area (Å²) in [6.45, 7) is 5.78. The summed E-state index contributed by atoms with van der Waals surface area (Å²) in [4.78, 5) is 12.6. The Morgan fingerprint density at radius 2 is 1.91 bits per heavy atom. The molecule has 1 aliphatic heterocycles. The summed E-state index contributed by atoms with van der Waals surface area (Å²) in [5.74, 6) is 1.37. The van der Waals surface area contributed by atoms with Crippen molar-refractivity contribution >= 4 is 23.3 Å². The molecule has 2 aromatic carbocycles. The molecule has 2 heterocycles. The van der Waals surface area contributed by atoms with Crippen LogP contribution in [0.5, 0.6) is 5.75 Å². The van der Waals surface area contributed by atoms with Crippen LogP contribution in [0, 0.1) is 13.8 Å². The number of fused-ring (bicyclic) bond motifs is 1. The third-order valence-electron chi connectivity index (χ3n) is 5.68. The molecule has 7 nitrogen and oxygen atoms in total. The number of aryl methyl sites for hydroxylation is 2. The van der Waals surface area contributed by atoms with Crippen molar-refractivity contribution < 1.29 is 14.1 Å². The Morgan fingerprint density at radius 1 is 1.22 bits per heavy atom. The van der Waals surface area contributed by atoms with Gasteiger partial charge in [-0.1, -0.05) is 41.0 Å². The van der Waals surface area contributed by atoms with Crippen molar-refractivity contribution in [2.45, 2.75) is 33.2 Å². The number of nitrogens with one attached hydrogen (secondary N) is 1. The molecule has 32 heavy (non-hydrogen) atoms. The second-order valence-electron chi connectivity index (χ2n) is 7.82. The number of benzene rings is 2. The highest BCUT2D eigenvalue weighted by Gasteiger charge is 2.28. The fourth-order valence-electron chi connectivity index (χ4n) is 4.07. The molecule has 0 saturated carbocycles. The van der Waals surface area contributed by atoms with Gasteiger partial charge in [0, 0.05) is 23.7 Å². The molecule has 3 aromatic rings. The predicted octanol–water partition coefficient (Wildman–Crippen LogP) is 4.96. The molecule has 0 bridgehead atoms. The highest BCUT2D eigenvalue weighted by Crippen LogP contribution is 2.34. The van der Waals surface area contributed by atoms with Crippen LogP contribution in [0.25, 0.3) is 11.1 Å². The SMILES string of the molecule is CNC(=O)N1N=C(c2ccc(-c3c(C)noc3C)cc2)c2cc(Cl)c(OC)cc2CC1C. The van der Waals surface area contributed by atoms with E-state index in [4.69, 9.17) is 26.0 Å². The Kier molecular flexibility index (Phi) is 5.93. The summed E-state index contributed by atoms with van der Waals surface area (Å²) in [6, 6.07) is 11.3. The van der Waals surface area contributed by atoms with E-state index in [2.05, 4.69) is 10.5 Å². The van der Waals surface area contributed by atoms with Crippen LogP contribution < -0.4 is 10.1 Å². The zero-order valence-corrected chi connectivity index (χ0v) is 19.4. The van der Waals surface area contributed by atoms with Gasteiger partial charge in [0.25, 0.3) is 0 Å². The number of urea groups is 1. The summed E-state index contributed by atoms with van der Waals surface area (Å²) >= 11 is 6.47. The number of aromatic nitrogens is 1. The number of amides is 2. The number of hydrazone groups is 1. The molecule has 1 N–H and O–H groups in total. The lowest BCUT2D eigenvalue weighted by Gasteiger charge is -2.22. The maximum atomic E-state index is 12.6. The lowest BCUT2D eigenvalue weighted by Crippen LogP contribution is -2.41. The Hall–Kier alpha value is -3.32. The Labute approximate surface area is 192 Å². The van der Waals surface area contributed by atoms with Crippen molar-refractivity contribution in [2.24, 2.45) is 5.10 Å². The minimum absolute atomic E-state index is 0.154. The van der Waals surface area contributed by atoms with Crippen LogP contribution in [0.3, 0.4) is 0 Å². The summed E-state index contributed by atoms with van der Waals surface area (Å²) < 4.78 is 10.7. The van der Waals surface area contributed by atoms with E-state index in [1.807, 2.05) is 57.2 Å². The summed E-state index contributed by atoms with van der Waals surface area (Å²) in [6.07, 6.45) is 0.612. The van der Waals surface area contributed by atoms with E-state index in [0.717, 1.165) is 39.3 Å². The van der Waals surface area contributed by atoms with Crippen LogP contribution in [0.2, 0.25) is 5.02 Å². The predicted molar refractivity (Wildman–Crippen MR) is 125 cm³/mol. The number of ether oxygens (including phenoxy) is 1. The largest absolute Gasteiger partial charge is 0.495 e. The van der Waals surface area contributed by atoms with Gasteiger partial charge in [0.05, 0.1) is 29.6 Å². The highest BCUT2D eigenvalue weighted by atomic mass is 35.5. The molecule has 166 valence electrons. The van der Waals surface area contributed by atoms with Gasteiger partial charge in [-0.15, -0.1) is 0 Å². The minimum atomic E-state index is -0.270. The molecule has 0 saturated heterocycles. The second kappa shape index (κ2) is 8.67. The van der Waals surface area contributed by atoms with Gasteiger partial charge >= 0.3 is 6.03 Å². The molecule has 1 atom stereocenters. The summed E-state index contributed by atoms with van der Waals surface area (Å²) in [5.41, 5.74) is 6.24. The van der Waals surface area contributed by atoms with Crippen LogP contribution in [0.1, 0.15) is 35.1 Å². The molecule has 2 amide bonds. The van der Waals surface area contributed by atoms with Crippen molar-refractivity contribution in [3.8, 4) is 16.9 Å². The second-order valence-corrected chi connectivity index (χ2v) is 8.23. The fraction of sp³-hybridized carbons (Fsp3) is 0.292. The van der Waals surface area contributed by atoms with Crippen LogP contribution in [0.15, 0.2) is 46.0 Å². The summed E-state index contributed by atoms with van der Waals surface area (Å²) in [7, 11) is 3.19. The van der Waals surface area contributed by atoms with E-state index in [9.17, 15) is 4.79 Å². The van der Waals surface area contributed by atoms with Gasteiger partial charge in [-0.3, -0.25) is 0 Å². The van der Waals surface area contributed by atoms with Crippen LogP contribution in [-0.2, 0) is 6.42 Å². The number of hydrogen-bond donors (Lipinski definition) is 1. The standard InChI is InChI=1S/C24H25ClN4O3/c1-13-10-18-11-21(31-5)20(25)12-19(18)23(27-29(13)24(30)26-4)17-8-6-16(7-9-17)22-14(2)28-32-15(22)3/h6-9,11-13H,10H2,1-5H3,(H,26,30). The average Bonchev–Trinajstić information content (AvgIpc) is 3.05. The maximum absolute atomic E-state index is 12.6. The van der Waals surface area contributed by atoms with E-state index in [1.165, 1.54) is 5.01 Å². The van der Waals surface area contributed by atoms with Crippen LogP contribution >= 0.6 is 11.6 Å². The minimum Gasteiger partial charge on any atom is -0.495 e. The van der Waals surface area contributed by atoms with Gasteiger partial charge in [0.2, 0.25) is 0 Å². The lowest BCUT2D eigenvalue weighted by molar-refractivity contribution is 0.184. The number of carbonyl (C=O) groups excluding carboxylic acids is 1. The molecule has 1 aliphatic rings. The number of methoxy groups -OCH3 is 1. The number of rotatable bonds is 3. The zero-order chi connectivity index (χ0) is 23.0. The molecule has 1 unspecified atom stereocenters. The van der Waals surface area contributed by atoms with E-state index in [1.54, 1.807) is 14.2 Å². The average molecular weight is 453 g/mol. The highest BCUT2D eigenvalue weighted by molar-refractivity contribution is 6.32. The van der Waals surface area contributed by atoms with Crippen molar-refractivity contribution in [1.82, 2.24) is 15.5 Å². The first-order valence-electron chi connectivity index (χ1n) is 10.3. The van der Waals surface area contributed by atoms with Crippen LogP contribution in [0.4, 0.5) is 4.79 Å². The normalized spacial score (nSPS) is 15.6. The fourth-order valence-corrected chi connectivity index (χ4v) is 4.31. The van der Waals surface area contributed by atoms with Crippen molar-refractivity contribution in [3.05, 3.63) is 69.6 Å². The molecule has 8 heteroatoms. The first-order chi connectivity index (χ1) is 15.3. The Morgan fingerprint density at radius 3 is 2.50 bits per heavy atom. The van der Waals surface area contributed by atoms with E-state index in [0.29, 0.717) is 22.9 Å². The summed E-state index contributed by atoms with van der Waals surface area (Å²) in [5, 5.41) is 13.5. The van der Waals surface area contributed by atoms with Crippen molar-refractivity contribution in [1.29, 1.82) is 0 Å². The number of halogens is 1. The maximum Gasteiger partial charge on any atom is 0.337 e. The van der Waals surface area contributed by atoms with E-state index < -0.39 is 0 Å². The lowest BCUT2D eigenvalue weighted by atomic mass is 9.93. The molecule has 0 spiro atoms. The van der Waals surface area contributed by atoms with Crippen LogP contribution in [-0.4, -0.2) is 42.1 Å². The van der Waals surface area contributed by atoms with Crippen molar-refractivity contribution in [3.63, 3.8) is 0 Å². The van der Waals surface area contributed by atoms with E-state index >= 15 is 0 Å². The van der Waals surface area contributed by atoms with Gasteiger partial charge in [0.1, 0.15) is 11.5 Å². The van der Waals surface area contributed by atoms with Gasteiger partial charge in [-0.25, -0.2) is 9.80 Å². The Balaban J connectivity index is 1.86. The zero-order valence-electron chi connectivity index (χ0n) is 18.7. The van der Waals surface area contributed by atoms with Gasteiger partial charge in [-0.05, 0) is 50.5 Å². The molecule has 4 rings (SSSR count). The molecular formula is C24H25ClN4O3. The third-order valence-corrected chi connectivity index (χ3v) is 5.97. The molecule has 1 aromatic heterocycles. The Bertz CT molecular complexity index is 1180. The smallest absolute Gasteiger partial charge is 0.337 e. The molecule has 0 aliphatic carbocycles. The molecule has 0 fully saturated rings. The quantitative estimate of drug-likeness (QED) is 0.609. The third kappa shape index (κ3) is 3.84. The monoisotopic (exact) mass is 452 g/mol. The van der Waals surface area contributed by atoms with E-state index in [-0.39, 0.29) is 12.1 Å². The van der Waals surface area contributed by atoms with Gasteiger partial charge in [-0.2, -0.15) is 5.10 Å². The first kappa shape index (κ1) is 21.9. The first-order valence-corrected chi connectivity index (χ1v) is 10.7. The number of carbonyl (C=O) groups is 1. The van der Waals surface area contributed by atoms with Gasteiger partial charge in [0.15, 0.2) is 0 Å². The number of nitrogens with zero attached hydrogens (tertiary/aromatic N) is 3. The number of hydrogen-bond acceptors (Lipinski definition) is 5. The molecular weight excluding hydrogens is 428 g/mol. The van der Waals surface area contributed by atoms with Crippen molar-refractivity contribution in [2.75, 3.05) is 14.2 Å². The topological polar surface area (TPSA) is 80.0 Å².